The second-order valence-corrected chi connectivity index (χ2v) is 4.65. The standard InChI is InChI=1S/C17H15N3O4/c1-3-21-16-12(10-18)19-15(24-16)13-17(22-4-2)23-14(20-13)11-8-6-5-7-9-11/h5-9H,3-4H2,1-2H3. The smallest absolute Gasteiger partial charge is 0.324 e. The molecule has 0 aliphatic carbocycles. The third-order valence-electron chi connectivity index (χ3n) is 3.07. The topological polar surface area (TPSA) is 94.3 Å². The van der Waals surface area contributed by atoms with Gasteiger partial charge in [0.2, 0.25) is 17.3 Å². The number of nitrogens with zero attached hydrogens (tertiary/aromatic N) is 3. The zero-order valence-electron chi connectivity index (χ0n) is 13.3. The summed E-state index contributed by atoms with van der Waals surface area (Å²) in [7, 11) is 0. The van der Waals surface area contributed by atoms with Crippen LogP contribution >= 0.6 is 0 Å². The fourth-order valence-corrected chi connectivity index (χ4v) is 2.08. The summed E-state index contributed by atoms with van der Waals surface area (Å²) in [5.74, 6) is 0.736. The Bertz CT molecular complexity index is 862. The van der Waals surface area contributed by atoms with Crippen LogP contribution in [0.25, 0.3) is 23.0 Å². The van der Waals surface area contributed by atoms with Crippen LogP contribution in [0.1, 0.15) is 19.5 Å². The van der Waals surface area contributed by atoms with Crippen molar-refractivity contribution in [3.05, 3.63) is 36.0 Å². The molecule has 122 valence electrons. The van der Waals surface area contributed by atoms with Crippen LogP contribution in [0.15, 0.2) is 39.2 Å². The van der Waals surface area contributed by atoms with Crippen LogP contribution in [0.4, 0.5) is 0 Å². The molecule has 0 aliphatic heterocycles. The van der Waals surface area contributed by atoms with Crippen molar-refractivity contribution in [1.29, 1.82) is 5.26 Å². The van der Waals surface area contributed by atoms with Crippen molar-refractivity contribution in [1.82, 2.24) is 9.97 Å². The van der Waals surface area contributed by atoms with Crippen molar-refractivity contribution >= 4 is 0 Å². The molecule has 3 rings (SSSR count). The average Bonchev–Trinajstić information content (AvgIpc) is 3.20. The Morgan fingerprint density at radius 2 is 1.62 bits per heavy atom. The predicted molar refractivity (Wildman–Crippen MR) is 84.5 cm³/mol. The number of oxazole rings is 2. The van der Waals surface area contributed by atoms with Crippen LogP contribution in [0.5, 0.6) is 11.9 Å². The Balaban J connectivity index is 2.07. The van der Waals surface area contributed by atoms with Gasteiger partial charge in [0.15, 0.2) is 0 Å². The third-order valence-corrected chi connectivity index (χ3v) is 3.07. The average molecular weight is 325 g/mol. The quantitative estimate of drug-likeness (QED) is 0.682. The van der Waals surface area contributed by atoms with Crippen LogP contribution in [-0.2, 0) is 0 Å². The molecule has 0 unspecified atom stereocenters. The number of hydrogen-bond acceptors (Lipinski definition) is 7. The maximum Gasteiger partial charge on any atom is 0.324 e. The summed E-state index contributed by atoms with van der Waals surface area (Å²) < 4.78 is 21.9. The fraction of sp³-hybridized carbons (Fsp3) is 0.235. The van der Waals surface area contributed by atoms with Gasteiger partial charge in [-0.05, 0) is 26.0 Å². The van der Waals surface area contributed by atoms with Gasteiger partial charge in [-0.3, -0.25) is 0 Å². The minimum absolute atomic E-state index is 0.0542. The third kappa shape index (κ3) is 2.94. The number of aromatic nitrogens is 2. The molecule has 0 N–H and O–H groups in total. The summed E-state index contributed by atoms with van der Waals surface area (Å²) in [5.41, 5.74) is 1.14. The van der Waals surface area contributed by atoms with E-state index >= 15 is 0 Å². The van der Waals surface area contributed by atoms with Crippen molar-refractivity contribution in [3.8, 4) is 41.0 Å². The highest BCUT2D eigenvalue weighted by molar-refractivity contribution is 5.62. The first kappa shape index (κ1) is 15.6. The lowest BCUT2D eigenvalue weighted by Gasteiger charge is -1.98. The van der Waals surface area contributed by atoms with Gasteiger partial charge in [0.05, 0.1) is 13.2 Å². The minimum Gasteiger partial charge on any atom is -0.464 e. The van der Waals surface area contributed by atoms with E-state index in [0.29, 0.717) is 19.1 Å². The second-order valence-electron chi connectivity index (χ2n) is 4.65. The van der Waals surface area contributed by atoms with E-state index in [1.165, 1.54) is 0 Å². The predicted octanol–water partition coefficient (Wildman–Crippen LogP) is 3.67. The number of ether oxygens (including phenoxy) is 2. The van der Waals surface area contributed by atoms with E-state index in [9.17, 15) is 0 Å². The van der Waals surface area contributed by atoms with Crippen molar-refractivity contribution in [3.63, 3.8) is 0 Å². The Hall–Kier alpha value is -3.27. The lowest BCUT2D eigenvalue weighted by Crippen LogP contribution is -1.92. The number of rotatable bonds is 6. The van der Waals surface area contributed by atoms with Gasteiger partial charge >= 0.3 is 11.9 Å². The molecule has 0 fully saturated rings. The SMILES string of the molecule is CCOc1oc(-c2nc(-c3ccccc3)oc2OCC)nc1C#N. The van der Waals surface area contributed by atoms with Gasteiger partial charge in [-0.1, -0.05) is 18.2 Å². The molecular formula is C17H15N3O4. The highest BCUT2D eigenvalue weighted by Crippen LogP contribution is 2.36. The molecule has 0 saturated heterocycles. The van der Waals surface area contributed by atoms with Crippen molar-refractivity contribution in [2.24, 2.45) is 0 Å². The zero-order chi connectivity index (χ0) is 16.9. The molecule has 0 saturated carbocycles. The maximum absolute atomic E-state index is 9.13. The molecule has 2 heterocycles. The minimum atomic E-state index is 0.0542. The molecule has 0 amide bonds. The van der Waals surface area contributed by atoms with E-state index in [2.05, 4.69) is 9.97 Å². The first-order valence-electron chi connectivity index (χ1n) is 7.50. The van der Waals surface area contributed by atoms with Gasteiger partial charge in [0.25, 0.3) is 5.89 Å². The van der Waals surface area contributed by atoms with Crippen LogP contribution in [-0.4, -0.2) is 23.2 Å². The summed E-state index contributed by atoms with van der Waals surface area (Å²) in [4.78, 5) is 8.52. The second kappa shape index (κ2) is 6.87. The van der Waals surface area contributed by atoms with Crippen LogP contribution in [0.3, 0.4) is 0 Å². The Labute approximate surface area is 138 Å². The first-order valence-corrected chi connectivity index (χ1v) is 7.50. The van der Waals surface area contributed by atoms with E-state index in [-0.39, 0.29) is 29.2 Å². The van der Waals surface area contributed by atoms with E-state index in [4.69, 9.17) is 23.6 Å². The monoisotopic (exact) mass is 325 g/mol. The molecule has 0 radical (unpaired) electrons. The zero-order valence-corrected chi connectivity index (χ0v) is 13.3. The highest BCUT2D eigenvalue weighted by atomic mass is 16.6. The van der Waals surface area contributed by atoms with E-state index in [1.54, 1.807) is 6.92 Å². The van der Waals surface area contributed by atoms with Crippen LogP contribution in [0.2, 0.25) is 0 Å². The van der Waals surface area contributed by atoms with E-state index in [1.807, 2.05) is 43.3 Å². The molecule has 0 aliphatic rings. The molecule has 7 heteroatoms. The van der Waals surface area contributed by atoms with Gasteiger partial charge < -0.3 is 18.3 Å². The molecule has 1 aromatic carbocycles. The largest absolute Gasteiger partial charge is 0.464 e. The van der Waals surface area contributed by atoms with Gasteiger partial charge in [-0.15, -0.1) is 0 Å². The van der Waals surface area contributed by atoms with Gasteiger partial charge in [0, 0.05) is 5.56 Å². The molecule has 24 heavy (non-hydrogen) atoms. The molecular weight excluding hydrogens is 310 g/mol. The Morgan fingerprint density at radius 3 is 2.29 bits per heavy atom. The van der Waals surface area contributed by atoms with E-state index in [0.717, 1.165) is 5.56 Å². The molecule has 7 nitrogen and oxygen atoms in total. The molecule has 0 atom stereocenters. The van der Waals surface area contributed by atoms with Gasteiger partial charge in [-0.2, -0.15) is 15.2 Å². The highest BCUT2D eigenvalue weighted by Gasteiger charge is 2.25. The summed E-state index contributed by atoms with van der Waals surface area (Å²) >= 11 is 0. The lowest BCUT2D eigenvalue weighted by atomic mass is 10.2. The number of nitriles is 1. The normalized spacial score (nSPS) is 10.4. The Morgan fingerprint density at radius 1 is 0.958 bits per heavy atom. The first-order chi connectivity index (χ1) is 11.8. The molecule has 3 aromatic rings. The molecule has 2 aromatic heterocycles. The Kier molecular flexibility index (Phi) is 4.47. The maximum atomic E-state index is 9.13. The number of benzene rings is 1. The summed E-state index contributed by atoms with van der Waals surface area (Å²) in [5, 5.41) is 9.13. The number of hydrogen-bond donors (Lipinski definition) is 0. The van der Waals surface area contributed by atoms with Gasteiger partial charge in [0.1, 0.15) is 6.07 Å². The summed E-state index contributed by atoms with van der Waals surface area (Å²) in [6.45, 7) is 4.37. The van der Waals surface area contributed by atoms with Crippen LogP contribution < -0.4 is 9.47 Å². The van der Waals surface area contributed by atoms with E-state index < -0.39 is 0 Å². The summed E-state index contributed by atoms with van der Waals surface area (Å²) in [6.07, 6.45) is 0. The van der Waals surface area contributed by atoms with Crippen molar-refractivity contribution < 1.29 is 18.3 Å². The molecule has 0 bridgehead atoms. The fourth-order valence-electron chi connectivity index (χ4n) is 2.08. The van der Waals surface area contributed by atoms with Crippen molar-refractivity contribution in [2.75, 3.05) is 13.2 Å². The summed E-state index contributed by atoms with van der Waals surface area (Å²) in [6, 6.07) is 11.3. The molecule has 0 spiro atoms. The lowest BCUT2D eigenvalue weighted by molar-refractivity contribution is 0.253. The van der Waals surface area contributed by atoms with Crippen LogP contribution in [0, 0.1) is 11.3 Å². The van der Waals surface area contributed by atoms with Crippen molar-refractivity contribution in [2.45, 2.75) is 13.8 Å². The van der Waals surface area contributed by atoms with Gasteiger partial charge in [-0.25, -0.2) is 0 Å².